The van der Waals surface area contributed by atoms with Crippen LogP contribution in [0.15, 0.2) is 78.3 Å². The normalized spacial score (nSPS) is 13.7. The molecule has 1 aliphatic rings. The SMILES string of the molecule is C=C(NC(=O)CC)NC1=CC=CC(Cc2ccccc2)=CC1. The fourth-order valence-corrected chi connectivity index (χ4v) is 2.20. The summed E-state index contributed by atoms with van der Waals surface area (Å²) in [5.74, 6) is 0.481. The maximum atomic E-state index is 11.3. The molecule has 0 saturated heterocycles. The van der Waals surface area contributed by atoms with Crippen LogP contribution in [0.2, 0.25) is 0 Å². The molecule has 1 aromatic rings. The predicted molar refractivity (Wildman–Crippen MR) is 90.8 cm³/mol. The molecule has 0 fully saturated rings. The fourth-order valence-electron chi connectivity index (χ4n) is 2.20. The third kappa shape index (κ3) is 5.09. The van der Waals surface area contributed by atoms with Crippen molar-refractivity contribution in [3.8, 4) is 0 Å². The van der Waals surface area contributed by atoms with Crippen LogP contribution in [0.3, 0.4) is 0 Å². The summed E-state index contributed by atoms with van der Waals surface area (Å²) in [5.41, 5.74) is 3.59. The van der Waals surface area contributed by atoms with E-state index in [9.17, 15) is 4.79 Å². The zero-order valence-corrected chi connectivity index (χ0v) is 12.9. The Morgan fingerprint density at radius 3 is 2.77 bits per heavy atom. The molecule has 0 spiro atoms. The minimum absolute atomic E-state index is 0.0393. The van der Waals surface area contributed by atoms with E-state index in [1.165, 1.54) is 11.1 Å². The Hall–Kier alpha value is -2.55. The molecule has 3 heteroatoms. The van der Waals surface area contributed by atoms with Crippen LogP contribution in [0.1, 0.15) is 25.3 Å². The second-order valence-corrected chi connectivity index (χ2v) is 5.20. The zero-order valence-electron chi connectivity index (χ0n) is 12.9. The van der Waals surface area contributed by atoms with Crippen LogP contribution in [-0.2, 0) is 11.2 Å². The average Bonchev–Trinajstić information content (AvgIpc) is 2.73. The minimum atomic E-state index is -0.0393. The van der Waals surface area contributed by atoms with E-state index in [1.54, 1.807) is 0 Å². The highest BCUT2D eigenvalue weighted by Crippen LogP contribution is 2.15. The lowest BCUT2D eigenvalue weighted by molar-refractivity contribution is -0.120. The molecule has 0 unspecified atom stereocenters. The lowest BCUT2D eigenvalue weighted by Crippen LogP contribution is -2.29. The van der Waals surface area contributed by atoms with Crippen molar-refractivity contribution < 1.29 is 4.79 Å². The Labute approximate surface area is 132 Å². The van der Waals surface area contributed by atoms with Gasteiger partial charge in [0, 0.05) is 18.5 Å². The Morgan fingerprint density at radius 2 is 2.05 bits per heavy atom. The van der Waals surface area contributed by atoms with Gasteiger partial charge in [-0.3, -0.25) is 4.79 Å². The van der Waals surface area contributed by atoms with Crippen molar-refractivity contribution in [2.75, 3.05) is 0 Å². The second-order valence-electron chi connectivity index (χ2n) is 5.20. The monoisotopic (exact) mass is 294 g/mol. The molecule has 0 aliphatic heterocycles. The number of rotatable bonds is 6. The molecule has 0 bridgehead atoms. The number of nitrogens with one attached hydrogen (secondary N) is 2. The van der Waals surface area contributed by atoms with Crippen molar-refractivity contribution in [3.05, 3.63) is 83.9 Å². The van der Waals surface area contributed by atoms with E-state index in [1.807, 2.05) is 25.1 Å². The first-order chi connectivity index (χ1) is 10.7. The first-order valence-corrected chi connectivity index (χ1v) is 7.53. The smallest absolute Gasteiger partial charge is 0.225 e. The van der Waals surface area contributed by atoms with E-state index in [0.29, 0.717) is 12.2 Å². The molecule has 0 radical (unpaired) electrons. The first-order valence-electron chi connectivity index (χ1n) is 7.53. The van der Waals surface area contributed by atoms with Crippen LogP contribution in [0.5, 0.6) is 0 Å². The predicted octanol–water partition coefficient (Wildman–Crippen LogP) is 3.59. The Bertz CT molecular complexity index is 624. The molecule has 3 nitrogen and oxygen atoms in total. The third-order valence-corrected chi connectivity index (χ3v) is 3.37. The Kier molecular flexibility index (Phi) is 5.78. The Balaban J connectivity index is 1.91. The van der Waals surface area contributed by atoms with Crippen LogP contribution in [0, 0.1) is 0 Å². The molecule has 2 rings (SSSR count). The zero-order chi connectivity index (χ0) is 15.8. The number of allylic oxidation sites excluding steroid dienone is 5. The summed E-state index contributed by atoms with van der Waals surface area (Å²) in [4.78, 5) is 11.3. The number of carbonyl (C=O) groups excluding carboxylic acids is 1. The quantitative estimate of drug-likeness (QED) is 0.842. The molecule has 22 heavy (non-hydrogen) atoms. The first kappa shape index (κ1) is 15.8. The molecule has 0 aromatic heterocycles. The van der Waals surface area contributed by atoms with Gasteiger partial charge in [0.1, 0.15) is 5.82 Å². The molecule has 0 atom stereocenters. The van der Waals surface area contributed by atoms with Crippen molar-refractivity contribution in [3.63, 3.8) is 0 Å². The van der Waals surface area contributed by atoms with Crippen LogP contribution < -0.4 is 10.6 Å². The van der Waals surface area contributed by atoms with Gasteiger partial charge in [0.05, 0.1) is 0 Å². The lowest BCUT2D eigenvalue weighted by Gasteiger charge is -2.12. The van der Waals surface area contributed by atoms with E-state index in [0.717, 1.165) is 18.5 Å². The molecule has 1 aliphatic carbocycles. The van der Waals surface area contributed by atoms with E-state index >= 15 is 0 Å². The van der Waals surface area contributed by atoms with E-state index in [-0.39, 0.29) is 5.91 Å². The number of benzene rings is 1. The van der Waals surface area contributed by atoms with Gasteiger partial charge in [-0.1, -0.05) is 62.1 Å². The van der Waals surface area contributed by atoms with Gasteiger partial charge >= 0.3 is 0 Å². The summed E-state index contributed by atoms with van der Waals surface area (Å²) in [7, 11) is 0. The van der Waals surface area contributed by atoms with Crippen LogP contribution in [0.4, 0.5) is 0 Å². The Morgan fingerprint density at radius 1 is 1.27 bits per heavy atom. The number of amides is 1. The molecular weight excluding hydrogens is 272 g/mol. The van der Waals surface area contributed by atoms with Gasteiger partial charge in [-0.2, -0.15) is 0 Å². The van der Waals surface area contributed by atoms with Gasteiger partial charge in [0.2, 0.25) is 5.91 Å². The maximum absolute atomic E-state index is 11.3. The van der Waals surface area contributed by atoms with Gasteiger partial charge in [-0.15, -0.1) is 0 Å². The van der Waals surface area contributed by atoms with Crippen LogP contribution in [0.25, 0.3) is 0 Å². The summed E-state index contributed by atoms with van der Waals surface area (Å²) in [6, 6.07) is 10.4. The fraction of sp³-hybridized carbons (Fsp3) is 0.211. The molecule has 1 aromatic carbocycles. The molecule has 0 saturated carbocycles. The van der Waals surface area contributed by atoms with Gasteiger partial charge in [-0.05, 0) is 23.6 Å². The lowest BCUT2D eigenvalue weighted by atomic mass is 10.0. The van der Waals surface area contributed by atoms with Gasteiger partial charge in [-0.25, -0.2) is 0 Å². The van der Waals surface area contributed by atoms with Crippen LogP contribution in [-0.4, -0.2) is 5.91 Å². The summed E-state index contributed by atoms with van der Waals surface area (Å²) < 4.78 is 0. The van der Waals surface area contributed by atoms with Crippen molar-refractivity contribution in [2.24, 2.45) is 0 Å². The summed E-state index contributed by atoms with van der Waals surface area (Å²) in [6.07, 6.45) is 10.5. The second kappa shape index (κ2) is 8.03. The largest absolute Gasteiger partial charge is 0.345 e. The highest BCUT2D eigenvalue weighted by atomic mass is 16.1. The third-order valence-electron chi connectivity index (χ3n) is 3.37. The van der Waals surface area contributed by atoms with E-state index in [2.05, 4.69) is 53.6 Å². The minimum Gasteiger partial charge on any atom is -0.345 e. The molecule has 114 valence electrons. The highest BCUT2D eigenvalue weighted by molar-refractivity contribution is 5.77. The molecular formula is C19H22N2O. The molecule has 0 heterocycles. The molecule has 1 amide bonds. The number of carbonyl (C=O) groups is 1. The van der Waals surface area contributed by atoms with E-state index < -0.39 is 0 Å². The number of hydrogen-bond donors (Lipinski definition) is 2. The van der Waals surface area contributed by atoms with E-state index in [4.69, 9.17) is 0 Å². The maximum Gasteiger partial charge on any atom is 0.225 e. The van der Waals surface area contributed by atoms with Crippen molar-refractivity contribution in [1.82, 2.24) is 10.6 Å². The number of hydrogen-bond acceptors (Lipinski definition) is 2. The standard InChI is InChI=1S/C19H22N2O/c1-3-19(22)21-15(2)20-18-11-7-10-17(12-13-18)14-16-8-5-4-6-9-16/h4-12,20H,2-3,13-14H2,1H3,(H,21,22). The van der Waals surface area contributed by atoms with Crippen molar-refractivity contribution in [1.29, 1.82) is 0 Å². The average molecular weight is 294 g/mol. The summed E-state index contributed by atoms with van der Waals surface area (Å²) in [6.45, 7) is 5.64. The van der Waals surface area contributed by atoms with Crippen molar-refractivity contribution in [2.45, 2.75) is 26.2 Å². The van der Waals surface area contributed by atoms with Gasteiger partial charge < -0.3 is 10.6 Å². The summed E-state index contributed by atoms with van der Waals surface area (Å²) >= 11 is 0. The van der Waals surface area contributed by atoms with Gasteiger partial charge in [0.15, 0.2) is 0 Å². The van der Waals surface area contributed by atoms with Crippen LogP contribution >= 0.6 is 0 Å². The highest BCUT2D eigenvalue weighted by Gasteiger charge is 2.04. The topological polar surface area (TPSA) is 41.1 Å². The summed E-state index contributed by atoms with van der Waals surface area (Å²) in [5, 5.41) is 5.87. The molecule has 2 N–H and O–H groups in total. The van der Waals surface area contributed by atoms with Gasteiger partial charge in [0.25, 0.3) is 0 Å². The van der Waals surface area contributed by atoms with Crippen molar-refractivity contribution >= 4 is 5.91 Å².